The lowest BCUT2D eigenvalue weighted by Crippen LogP contribution is -2.23. The van der Waals surface area contributed by atoms with Gasteiger partial charge in [0, 0.05) is 18.8 Å². The van der Waals surface area contributed by atoms with Gasteiger partial charge in [-0.25, -0.2) is 0 Å². The van der Waals surface area contributed by atoms with Gasteiger partial charge in [-0.05, 0) is 26.0 Å². The second kappa shape index (κ2) is 6.07. The Bertz CT molecular complexity index is 320. The topological polar surface area (TPSA) is 3.24 Å². The van der Waals surface area contributed by atoms with Gasteiger partial charge in [0.2, 0.25) is 0 Å². The first-order chi connectivity index (χ1) is 7.24. The third-order valence-corrected chi connectivity index (χ3v) is 2.19. The maximum atomic E-state index is 3.79. The molecule has 1 aromatic rings. The molecule has 0 atom stereocenters. The van der Waals surface area contributed by atoms with Crippen molar-refractivity contribution in [2.24, 2.45) is 0 Å². The van der Waals surface area contributed by atoms with E-state index in [1.165, 1.54) is 11.3 Å². The first kappa shape index (κ1) is 11.6. The van der Waals surface area contributed by atoms with Crippen molar-refractivity contribution in [2.75, 3.05) is 18.0 Å². The van der Waals surface area contributed by atoms with Crippen molar-refractivity contribution in [1.82, 2.24) is 0 Å². The van der Waals surface area contributed by atoms with Crippen LogP contribution in [0.5, 0.6) is 0 Å². The molecule has 15 heavy (non-hydrogen) atoms. The van der Waals surface area contributed by atoms with Crippen molar-refractivity contribution in [3.8, 4) is 0 Å². The fraction of sp³-hybridized carbons (Fsp3) is 0.286. The Morgan fingerprint density at radius 2 is 1.87 bits per heavy atom. The van der Waals surface area contributed by atoms with E-state index in [2.05, 4.69) is 55.7 Å². The average molecular weight is 201 g/mol. The van der Waals surface area contributed by atoms with E-state index in [9.17, 15) is 0 Å². The highest BCUT2D eigenvalue weighted by molar-refractivity contribution is 5.47. The SMILES string of the molecule is C=CCN(CC=C(C)C)c1ccccc1. The van der Waals surface area contributed by atoms with E-state index in [1.54, 1.807) is 0 Å². The van der Waals surface area contributed by atoms with Crippen molar-refractivity contribution < 1.29 is 0 Å². The minimum Gasteiger partial charge on any atom is -0.364 e. The molecule has 0 aliphatic rings. The van der Waals surface area contributed by atoms with E-state index in [0.29, 0.717) is 0 Å². The highest BCUT2D eigenvalue weighted by Gasteiger charge is 2.00. The summed E-state index contributed by atoms with van der Waals surface area (Å²) >= 11 is 0. The van der Waals surface area contributed by atoms with Gasteiger partial charge in [0.15, 0.2) is 0 Å². The standard InChI is InChI=1S/C14H19N/c1-4-11-15(12-10-13(2)3)14-8-6-5-7-9-14/h4-10H,1,11-12H2,2-3H3. The quantitative estimate of drug-likeness (QED) is 0.657. The minimum atomic E-state index is 0.883. The zero-order valence-corrected chi connectivity index (χ0v) is 9.61. The number of rotatable bonds is 5. The molecule has 0 aliphatic carbocycles. The highest BCUT2D eigenvalue weighted by atomic mass is 15.1. The lowest BCUT2D eigenvalue weighted by molar-refractivity contribution is 0.949. The summed E-state index contributed by atoms with van der Waals surface area (Å²) in [6, 6.07) is 10.4. The monoisotopic (exact) mass is 201 g/mol. The molecule has 1 aromatic carbocycles. The summed E-state index contributed by atoms with van der Waals surface area (Å²) in [5, 5.41) is 0. The van der Waals surface area contributed by atoms with Gasteiger partial charge in [-0.15, -0.1) is 6.58 Å². The van der Waals surface area contributed by atoms with Crippen molar-refractivity contribution in [1.29, 1.82) is 0 Å². The van der Waals surface area contributed by atoms with Gasteiger partial charge in [-0.1, -0.05) is 35.9 Å². The lowest BCUT2D eigenvalue weighted by Gasteiger charge is -2.21. The van der Waals surface area contributed by atoms with Gasteiger partial charge in [0.05, 0.1) is 0 Å². The fourth-order valence-electron chi connectivity index (χ4n) is 1.37. The molecule has 0 radical (unpaired) electrons. The van der Waals surface area contributed by atoms with Crippen LogP contribution in [0.1, 0.15) is 13.8 Å². The Balaban J connectivity index is 2.74. The average Bonchev–Trinajstić information content (AvgIpc) is 2.25. The molecule has 0 saturated heterocycles. The third-order valence-electron chi connectivity index (χ3n) is 2.19. The van der Waals surface area contributed by atoms with E-state index >= 15 is 0 Å². The van der Waals surface area contributed by atoms with Crippen LogP contribution in [0, 0.1) is 0 Å². The summed E-state index contributed by atoms with van der Waals surface area (Å²) in [5.41, 5.74) is 2.59. The van der Waals surface area contributed by atoms with Crippen LogP contribution < -0.4 is 4.90 Å². The summed E-state index contributed by atoms with van der Waals surface area (Å²) in [6.07, 6.45) is 4.17. The van der Waals surface area contributed by atoms with Gasteiger partial charge in [-0.2, -0.15) is 0 Å². The molecule has 0 N–H and O–H groups in total. The Morgan fingerprint density at radius 3 is 2.40 bits per heavy atom. The predicted octanol–water partition coefficient (Wildman–Crippen LogP) is 3.65. The number of anilines is 1. The van der Waals surface area contributed by atoms with Gasteiger partial charge < -0.3 is 4.90 Å². The predicted molar refractivity (Wildman–Crippen MR) is 68.3 cm³/mol. The Kier molecular flexibility index (Phi) is 4.69. The molecule has 0 bridgehead atoms. The molecular weight excluding hydrogens is 182 g/mol. The molecule has 1 nitrogen and oxygen atoms in total. The van der Waals surface area contributed by atoms with Gasteiger partial charge in [0.1, 0.15) is 0 Å². The van der Waals surface area contributed by atoms with Gasteiger partial charge in [0.25, 0.3) is 0 Å². The van der Waals surface area contributed by atoms with Crippen molar-refractivity contribution in [3.63, 3.8) is 0 Å². The smallest absolute Gasteiger partial charge is 0.0371 e. The van der Waals surface area contributed by atoms with Crippen LogP contribution in [-0.4, -0.2) is 13.1 Å². The van der Waals surface area contributed by atoms with E-state index in [4.69, 9.17) is 0 Å². The molecule has 0 amide bonds. The van der Waals surface area contributed by atoms with Crippen molar-refractivity contribution in [3.05, 3.63) is 54.6 Å². The molecule has 0 fully saturated rings. The van der Waals surface area contributed by atoms with Crippen LogP contribution in [0.2, 0.25) is 0 Å². The maximum Gasteiger partial charge on any atom is 0.0371 e. The zero-order chi connectivity index (χ0) is 11.1. The molecule has 1 heteroatoms. The Morgan fingerprint density at radius 1 is 1.20 bits per heavy atom. The van der Waals surface area contributed by atoms with Crippen LogP contribution in [0.15, 0.2) is 54.6 Å². The third kappa shape index (κ3) is 4.03. The van der Waals surface area contributed by atoms with E-state index < -0.39 is 0 Å². The molecule has 0 spiro atoms. The second-order valence-corrected chi connectivity index (χ2v) is 3.81. The summed E-state index contributed by atoms with van der Waals surface area (Å²) < 4.78 is 0. The molecule has 80 valence electrons. The lowest BCUT2D eigenvalue weighted by atomic mass is 10.2. The molecule has 0 unspecified atom stereocenters. The van der Waals surface area contributed by atoms with Crippen LogP contribution in [-0.2, 0) is 0 Å². The summed E-state index contributed by atoms with van der Waals surface area (Å²) in [5.74, 6) is 0. The number of para-hydroxylation sites is 1. The number of allylic oxidation sites excluding steroid dienone is 1. The zero-order valence-electron chi connectivity index (χ0n) is 9.61. The number of nitrogens with zero attached hydrogens (tertiary/aromatic N) is 1. The summed E-state index contributed by atoms with van der Waals surface area (Å²) in [6.45, 7) is 9.86. The number of benzene rings is 1. The second-order valence-electron chi connectivity index (χ2n) is 3.81. The summed E-state index contributed by atoms with van der Waals surface area (Å²) in [4.78, 5) is 2.29. The maximum absolute atomic E-state index is 3.79. The first-order valence-corrected chi connectivity index (χ1v) is 5.28. The largest absolute Gasteiger partial charge is 0.364 e. The van der Waals surface area contributed by atoms with E-state index in [0.717, 1.165) is 13.1 Å². The molecule has 0 heterocycles. The molecule has 1 rings (SSSR count). The fourth-order valence-corrected chi connectivity index (χ4v) is 1.37. The number of hydrogen-bond acceptors (Lipinski definition) is 1. The van der Waals surface area contributed by atoms with Crippen LogP contribution >= 0.6 is 0 Å². The number of hydrogen-bond donors (Lipinski definition) is 0. The van der Waals surface area contributed by atoms with E-state index in [-0.39, 0.29) is 0 Å². The van der Waals surface area contributed by atoms with Crippen molar-refractivity contribution >= 4 is 5.69 Å². The first-order valence-electron chi connectivity index (χ1n) is 5.28. The van der Waals surface area contributed by atoms with Gasteiger partial charge in [-0.3, -0.25) is 0 Å². The van der Waals surface area contributed by atoms with E-state index in [1.807, 2.05) is 12.1 Å². The minimum absolute atomic E-state index is 0.883. The molecule has 0 aromatic heterocycles. The molecule has 0 aliphatic heterocycles. The van der Waals surface area contributed by atoms with Crippen LogP contribution in [0.4, 0.5) is 5.69 Å². The van der Waals surface area contributed by atoms with Crippen molar-refractivity contribution in [2.45, 2.75) is 13.8 Å². The highest BCUT2D eigenvalue weighted by Crippen LogP contribution is 2.13. The molecular formula is C14H19N. The Labute approximate surface area is 92.7 Å². The van der Waals surface area contributed by atoms with Gasteiger partial charge >= 0.3 is 0 Å². The normalized spacial score (nSPS) is 9.47. The Hall–Kier alpha value is -1.50. The van der Waals surface area contributed by atoms with Crippen LogP contribution in [0.25, 0.3) is 0 Å². The molecule has 0 saturated carbocycles. The van der Waals surface area contributed by atoms with Crippen LogP contribution in [0.3, 0.4) is 0 Å². The summed E-state index contributed by atoms with van der Waals surface area (Å²) in [7, 11) is 0.